The van der Waals surface area contributed by atoms with Gasteiger partial charge < -0.3 is 10.2 Å². The molecule has 2 aromatic carbocycles. The average Bonchev–Trinajstić information content (AvgIpc) is 3.00. The van der Waals surface area contributed by atoms with Crippen molar-refractivity contribution in [2.45, 2.75) is 19.4 Å². The van der Waals surface area contributed by atoms with E-state index in [9.17, 15) is 9.59 Å². The van der Waals surface area contributed by atoms with E-state index in [0.29, 0.717) is 22.3 Å². The molecule has 0 spiro atoms. The van der Waals surface area contributed by atoms with Crippen molar-refractivity contribution in [1.82, 2.24) is 4.90 Å². The van der Waals surface area contributed by atoms with E-state index >= 15 is 0 Å². The van der Waals surface area contributed by atoms with Crippen molar-refractivity contribution in [3.63, 3.8) is 0 Å². The van der Waals surface area contributed by atoms with Crippen molar-refractivity contribution >= 4 is 40.7 Å². The third-order valence-electron chi connectivity index (χ3n) is 4.47. The molecule has 4 nitrogen and oxygen atoms in total. The van der Waals surface area contributed by atoms with Crippen LogP contribution in [0.5, 0.6) is 0 Å². The number of amides is 2. The lowest BCUT2D eigenvalue weighted by atomic mass is 10.1. The number of carbonyl (C=O) groups excluding carboxylic acids is 2. The van der Waals surface area contributed by atoms with Crippen LogP contribution in [-0.2, 0) is 9.59 Å². The van der Waals surface area contributed by atoms with Gasteiger partial charge in [0.25, 0.3) is 0 Å². The number of rotatable bonds is 4. The van der Waals surface area contributed by atoms with Gasteiger partial charge in [-0.05, 0) is 30.7 Å². The van der Waals surface area contributed by atoms with Gasteiger partial charge in [-0.2, -0.15) is 0 Å². The Morgan fingerprint density at radius 2 is 1.92 bits per heavy atom. The number of nitrogens with zero attached hydrogens (tertiary/aromatic N) is 1. The molecule has 1 aliphatic heterocycles. The first-order valence-corrected chi connectivity index (χ1v) is 8.81. The van der Waals surface area contributed by atoms with E-state index in [1.54, 1.807) is 23.1 Å². The molecule has 2 amide bonds. The molecule has 1 saturated heterocycles. The SMILES string of the molecule is C[C@H](c1ccccc1)N1C[C@@H](C(=O)Nc2cc(Cl)ccc2Cl)CC1=O. The maximum Gasteiger partial charge on any atom is 0.229 e. The molecule has 1 N–H and O–H groups in total. The lowest BCUT2D eigenvalue weighted by molar-refractivity contribution is -0.129. The van der Waals surface area contributed by atoms with Crippen molar-refractivity contribution in [3.8, 4) is 0 Å². The largest absolute Gasteiger partial charge is 0.335 e. The molecule has 0 bridgehead atoms. The van der Waals surface area contributed by atoms with Crippen LogP contribution in [0, 0.1) is 5.92 Å². The second kappa shape index (κ2) is 7.46. The molecule has 1 fully saturated rings. The summed E-state index contributed by atoms with van der Waals surface area (Å²) in [6, 6.07) is 14.6. The van der Waals surface area contributed by atoms with E-state index in [4.69, 9.17) is 23.2 Å². The fraction of sp³-hybridized carbons (Fsp3) is 0.263. The third kappa shape index (κ3) is 3.97. The van der Waals surface area contributed by atoms with Crippen molar-refractivity contribution in [1.29, 1.82) is 0 Å². The molecule has 0 radical (unpaired) electrons. The van der Waals surface area contributed by atoms with Crippen molar-refractivity contribution in [2.24, 2.45) is 5.92 Å². The molecule has 1 heterocycles. The zero-order valence-electron chi connectivity index (χ0n) is 13.7. The van der Waals surface area contributed by atoms with Crippen LogP contribution < -0.4 is 5.32 Å². The van der Waals surface area contributed by atoms with Crippen molar-refractivity contribution in [3.05, 3.63) is 64.1 Å². The predicted octanol–water partition coefficient (Wildman–Crippen LogP) is 4.54. The fourth-order valence-electron chi connectivity index (χ4n) is 3.02. The summed E-state index contributed by atoms with van der Waals surface area (Å²) in [5.74, 6) is -0.650. The fourth-order valence-corrected chi connectivity index (χ4v) is 3.36. The molecular formula is C19H18Cl2N2O2. The van der Waals surface area contributed by atoms with Crippen molar-refractivity contribution in [2.75, 3.05) is 11.9 Å². The molecule has 6 heteroatoms. The second-order valence-corrected chi connectivity index (χ2v) is 6.99. The van der Waals surface area contributed by atoms with Gasteiger partial charge in [0.1, 0.15) is 0 Å². The number of likely N-dealkylation sites (tertiary alicyclic amines) is 1. The molecule has 130 valence electrons. The van der Waals surface area contributed by atoms with Crippen LogP contribution in [0.4, 0.5) is 5.69 Å². The molecular weight excluding hydrogens is 359 g/mol. The highest BCUT2D eigenvalue weighted by Crippen LogP contribution is 2.30. The lowest BCUT2D eigenvalue weighted by Gasteiger charge is -2.25. The van der Waals surface area contributed by atoms with E-state index < -0.39 is 5.92 Å². The summed E-state index contributed by atoms with van der Waals surface area (Å²) >= 11 is 12.0. The van der Waals surface area contributed by atoms with Crippen LogP contribution in [-0.4, -0.2) is 23.3 Å². The van der Waals surface area contributed by atoms with Crippen LogP contribution in [0.25, 0.3) is 0 Å². The first-order chi connectivity index (χ1) is 12.0. The smallest absolute Gasteiger partial charge is 0.229 e. The highest BCUT2D eigenvalue weighted by Gasteiger charge is 2.37. The Bertz CT molecular complexity index is 795. The van der Waals surface area contributed by atoms with E-state index in [2.05, 4.69) is 5.32 Å². The summed E-state index contributed by atoms with van der Waals surface area (Å²) in [5.41, 5.74) is 1.51. The Kier molecular flexibility index (Phi) is 5.30. The van der Waals surface area contributed by atoms with Crippen molar-refractivity contribution < 1.29 is 9.59 Å². The molecule has 0 saturated carbocycles. The highest BCUT2D eigenvalue weighted by atomic mass is 35.5. The lowest BCUT2D eigenvalue weighted by Crippen LogP contribution is -2.30. The van der Waals surface area contributed by atoms with Gasteiger partial charge in [0.05, 0.1) is 22.7 Å². The van der Waals surface area contributed by atoms with Gasteiger partial charge in [-0.15, -0.1) is 0 Å². The molecule has 0 aliphatic carbocycles. The minimum absolute atomic E-state index is 0.0197. The van der Waals surface area contributed by atoms with Gasteiger partial charge >= 0.3 is 0 Å². The number of halogens is 2. The molecule has 3 rings (SSSR count). The quantitative estimate of drug-likeness (QED) is 0.851. The molecule has 2 aromatic rings. The molecule has 0 unspecified atom stereocenters. The topological polar surface area (TPSA) is 49.4 Å². The maximum atomic E-state index is 12.5. The van der Waals surface area contributed by atoms with Gasteiger partial charge in [-0.3, -0.25) is 9.59 Å². The van der Waals surface area contributed by atoms with E-state index in [1.165, 1.54) is 0 Å². The van der Waals surface area contributed by atoms with Crippen LogP contribution in [0.2, 0.25) is 10.0 Å². The van der Waals surface area contributed by atoms with Gasteiger partial charge in [0.15, 0.2) is 0 Å². The number of hydrogen-bond acceptors (Lipinski definition) is 2. The Labute approximate surface area is 156 Å². The van der Waals surface area contributed by atoms with Gasteiger partial charge in [-0.25, -0.2) is 0 Å². The number of nitrogens with one attached hydrogen (secondary N) is 1. The monoisotopic (exact) mass is 376 g/mol. The number of benzene rings is 2. The normalized spacial score (nSPS) is 18.3. The summed E-state index contributed by atoms with van der Waals surface area (Å²) in [7, 11) is 0. The Balaban J connectivity index is 1.69. The Morgan fingerprint density at radius 1 is 1.20 bits per heavy atom. The first-order valence-electron chi connectivity index (χ1n) is 8.06. The van der Waals surface area contributed by atoms with Crippen LogP contribution in [0.15, 0.2) is 48.5 Å². The maximum absolute atomic E-state index is 12.5. The predicted molar refractivity (Wildman–Crippen MR) is 99.8 cm³/mol. The van der Waals surface area contributed by atoms with Gasteiger partial charge in [0, 0.05) is 18.0 Å². The molecule has 25 heavy (non-hydrogen) atoms. The zero-order valence-corrected chi connectivity index (χ0v) is 15.2. The minimum atomic E-state index is -0.409. The minimum Gasteiger partial charge on any atom is -0.335 e. The number of anilines is 1. The summed E-state index contributed by atoms with van der Waals surface area (Å²) in [4.78, 5) is 26.7. The summed E-state index contributed by atoms with van der Waals surface area (Å²) in [6.45, 7) is 2.36. The standard InChI is InChI=1S/C19H18Cl2N2O2/c1-12(13-5-3-2-4-6-13)23-11-14(9-18(23)24)19(25)22-17-10-15(20)7-8-16(17)21/h2-8,10,12,14H,9,11H2,1H3,(H,22,25)/t12-,14+/m1/s1. The molecule has 0 aromatic heterocycles. The van der Waals surface area contributed by atoms with Gasteiger partial charge in [0.2, 0.25) is 11.8 Å². The molecule has 1 aliphatic rings. The van der Waals surface area contributed by atoms with Gasteiger partial charge in [-0.1, -0.05) is 53.5 Å². The second-order valence-electron chi connectivity index (χ2n) is 6.15. The zero-order chi connectivity index (χ0) is 18.0. The summed E-state index contributed by atoms with van der Waals surface area (Å²) in [6.07, 6.45) is 0.196. The Morgan fingerprint density at radius 3 is 2.64 bits per heavy atom. The highest BCUT2D eigenvalue weighted by molar-refractivity contribution is 6.35. The van der Waals surface area contributed by atoms with E-state index in [0.717, 1.165) is 5.56 Å². The molecule has 2 atom stereocenters. The number of hydrogen-bond donors (Lipinski definition) is 1. The third-order valence-corrected chi connectivity index (χ3v) is 5.03. The first kappa shape index (κ1) is 17.8. The van der Waals surface area contributed by atoms with E-state index in [1.807, 2.05) is 37.3 Å². The summed E-state index contributed by atoms with van der Waals surface area (Å²) < 4.78 is 0. The summed E-state index contributed by atoms with van der Waals surface area (Å²) in [5, 5.41) is 3.68. The van der Waals surface area contributed by atoms with Crippen LogP contribution in [0.1, 0.15) is 24.9 Å². The number of carbonyl (C=O) groups is 2. The Hall–Kier alpha value is -2.04. The van der Waals surface area contributed by atoms with Crippen LogP contribution >= 0.6 is 23.2 Å². The van der Waals surface area contributed by atoms with E-state index in [-0.39, 0.29) is 24.3 Å². The average molecular weight is 377 g/mol. The van der Waals surface area contributed by atoms with Crippen LogP contribution in [0.3, 0.4) is 0 Å².